The van der Waals surface area contributed by atoms with Gasteiger partial charge in [0.05, 0.1) is 22.3 Å². The molecule has 0 heterocycles. The lowest BCUT2D eigenvalue weighted by Gasteiger charge is -2.09. The van der Waals surface area contributed by atoms with Gasteiger partial charge in [0.2, 0.25) is 0 Å². The molecular formula is C15H11BrN4O2. The first-order valence-corrected chi connectivity index (χ1v) is 6.85. The minimum Gasteiger partial charge on any atom is -0.503 e. The predicted molar refractivity (Wildman–Crippen MR) is 83.0 cm³/mol. The number of nitrogens with two attached hydrogens (primary N) is 1. The van der Waals surface area contributed by atoms with Crippen LogP contribution in [0.2, 0.25) is 0 Å². The fourth-order valence-electron chi connectivity index (χ4n) is 1.56. The number of hydrogen-bond donors (Lipinski definition) is 2. The number of phenolic OH excluding ortho intramolecular Hbond substituents is 1. The van der Waals surface area contributed by atoms with E-state index in [9.17, 15) is 5.11 Å². The summed E-state index contributed by atoms with van der Waals surface area (Å²) in [6.07, 6.45) is 1.40. The maximum atomic E-state index is 9.84. The molecule has 22 heavy (non-hydrogen) atoms. The zero-order valence-corrected chi connectivity index (χ0v) is 13.2. The predicted octanol–water partition coefficient (Wildman–Crippen LogP) is 2.72. The van der Waals surface area contributed by atoms with Crippen LogP contribution in [-0.2, 0) is 0 Å². The van der Waals surface area contributed by atoms with Gasteiger partial charge in [-0.2, -0.15) is 15.8 Å². The van der Waals surface area contributed by atoms with Crippen LogP contribution in [0.25, 0.3) is 6.08 Å². The van der Waals surface area contributed by atoms with E-state index in [0.29, 0.717) is 16.6 Å². The van der Waals surface area contributed by atoms with Crippen LogP contribution in [0.4, 0.5) is 0 Å². The summed E-state index contributed by atoms with van der Waals surface area (Å²) in [5, 5.41) is 36.6. The van der Waals surface area contributed by atoms with E-state index in [2.05, 4.69) is 15.9 Å². The molecule has 1 aromatic rings. The fraction of sp³-hybridized carbons (Fsp3) is 0.133. The summed E-state index contributed by atoms with van der Waals surface area (Å²) < 4.78 is 5.66. The second-order valence-corrected chi connectivity index (χ2v) is 4.82. The Morgan fingerprint density at radius 3 is 2.45 bits per heavy atom. The van der Waals surface area contributed by atoms with Gasteiger partial charge in [0.25, 0.3) is 0 Å². The number of halogens is 1. The Morgan fingerprint density at radius 2 is 1.95 bits per heavy atom. The second-order valence-electron chi connectivity index (χ2n) is 3.96. The molecule has 0 spiro atoms. The molecule has 0 fully saturated rings. The normalized spacial score (nSPS) is 10.0. The van der Waals surface area contributed by atoms with Crippen molar-refractivity contribution in [3.8, 4) is 29.7 Å². The van der Waals surface area contributed by atoms with Gasteiger partial charge in [-0.3, -0.25) is 0 Å². The average Bonchev–Trinajstić information content (AvgIpc) is 2.50. The smallest absolute Gasteiger partial charge is 0.172 e. The zero-order chi connectivity index (χ0) is 16.7. The van der Waals surface area contributed by atoms with Crippen molar-refractivity contribution in [1.82, 2.24) is 0 Å². The van der Waals surface area contributed by atoms with Gasteiger partial charge in [-0.05, 0) is 46.6 Å². The molecule has 0 aliphatic carbocycles. The molecule has 110 valence electrons. The van der Waals surface area contributed by atoms with Crippen molar-refractivity contribution in [2.75, 3.05) is 6.61 Å². The highest BCUT2D eigenvalue weighted by Crippen LogP contribution is 2.36. The topological polar surface area (TPSA) is 127 Å². The van der Waals surface area contributed by atoms with Crippen LogP contribution in [0, 0.1) is 34.0 Å². The molecule has 0 unspecified atom stereocenters. The summed E-state index contributed by atoms with van der Waals surface area (Å²) >= 11 is 3.18. The number of rotatable bonds is 4. The molecule has 6 nitrogen and oxygen atoms in total. The number of benzene rings is 1. The summed E-state index contributed by atoms with van der Waals surface area (Å²) in [7, 11) is 0. The molecular weight excluding hydrogens is 348 g/mol. The van der Waals surface area contributed by atoms with Crippen LogP contribution in [0.3, 0.4) is 0 Å². The van der Waals surface area contributed by atoms with Gasteiger partial charge in [0.1, 0.15) is 18.2 Å². The van der Waals surface area contributed by atoms with Gasteiger partial charge in [-0.15, -0.1) is 0 Å². The summed E-state index contributed by atoms with van der Waals surface area (Å²) in [5.74, 6) is 0.180. The van der Waals surface area contributed by atoms with E-state index in [0.717, 1.165) is 0 Å². The van der Waals surface area contributed by atoms with Crippen molar-refractivity contribution >= 4 is 22.0 Å². The van der Waals surface area contributed by atoms with Gasteiger partial charge >= 0.3 is 0 Å². The first-order chi connectivity index (χ1) is 10.5. The van der Waals surface area contributed by atoms with Crippen LogP contribution in [0.15, 0.2) is 33.4 Å². The molecule has 0 saturated carbocycles. The quantitative estimate of drug-likeness (QED) is 0.629. The number of nitrogens with zero attached hydrogens (tertiary/aromatic N) is 3. The fourth-order valence-corrected chi connectivity index (χ4v) is 2.02. The van der Waals surface area contributed by atoms with Gasteiger partial charge in [0, 0.05) is 0 Å². The van der Waals surface area contributed by atoms with Gasteiger partial charge in [0.15, 0.2) is 17.1 Å². The largest absolute Gasteiger partial charge is 0.503 e. The van der Waals surface area contributed by atoms with Crippen molar-refractivity contribution in [1.29, 1.82) is 15.8 Å². The lowest BCUT2D eigenvalue weighted by Crippen LogP contribution is -2.03. The Balaban J connectivity index is 3.44. The standard InChI is InChI=1S/C15H11BrN4O2/c1-2-22-13-5-9(4-12(16)15(13)21)3-10(6-17)14(20)11(7-18)8-19/h3-5,21H,2,20H2,1H3/b10-3+. The van der Waals surface area contributed by atoms with Gasteiger partial charge in [-0.25, -0.2) is 0 Å². The molecule has 0 saturated heterocycles. The van der Waals surface area contributed by atoms with Crippen molar-refractivity contribution in [2.24, 2.45) is 5.73 Å². The Bertz CT molecular complexity index is 760. The molecule has 0 aliphatic heterocycles. The van der Waals surface area contributed by atoms with Crippen LogP contribution in [0.1, 0.15) is 12.5 Å². The van der Waals surface area contributed by atoms with Crippen LogP contribution < -0.4 is 10.5 Å². The molecule has 0 aromatic heterocycles. The number of nitriles is 3. The lowest BCUT2D eigenvalue weighted by molar-refractivity contribution is 0.317. The number of allylic oxidation sites excluding steroid dienone is 2. The first-order valence-electron chi connectivity index (χ1n) is 6.05. The molecule has 0 amide bonds. The molecule has 0 atom stereocenters. The second kappa shape index (κ2) is 7.73. The summed E-state index contributed by atoms with van der Waals surface area (Å²) in [5.41, 5.74) is 5.61. The van der Waals surface area contributed by atoms with Crippen LogP contribution in [-0.4, -0.2) is 11.7 Å². The number of aromatic hydroxyl groups is 1. The first kappa shape index (κ1) is 17.1. The molecule has 0 bridgehead atoms. The van der Waals surface area contributed by atoms with Crippen molar-refractivity contribution in [2.45, 2.75) is 6.92 Å². The van der Waals surface area contributed by atoms with Crippen molar-refractivity contribution < 1.29 is 9.84 Å². The van der Waals surface area contributed by atoms with E-state index in [1.807, 2.05) is 6.07 Å². The highest BCUT2D eigenvalue weighted by atomic mass is 79.9. The van der Waals surface area contributed by atoms with E-state index >= 15 is 0 Å². The molecule has 7 heteroatoms. The third kappa shape index (κ3) is 3.79. The van der Waals surface area contributed by atoms with Crippen molar-refractivity contribution in [3.63, 3.8) is 0 Å². The summed E-state index contributed by atoms with van der Waals surface area (Å²) in [6, 6.07) is 8.18. The Kier molecular flexibility index (Phi) is 6.01. The third-order valence-electron chi connectivity index (χ3n) is 2.57. The van der Waals surface area contributed by atoms with E-state index in [4.69, 9.17) is 26.3 Å². The van der Waals surface area contributed by atoms with Crippen LogP contribution >= 0.6 is 15.9 Å². The average molecular weight is 359 g/mol. The Morgan fingerprint density at radius 1 is 1.32 bits per heavy atom. The SMILES string of the molecule is CCOc1cc(/C=C(\C#N)C(N)=C(C#N)C#N)cc(Br)c1O. The highest BCUT2D eigenvalue weighted by molar-refractivity contribution is 9.10. The Labute approximate surface area is 136 Å². The van der Waals surface area contributed by atoms with Crippen LogP contribution in [0.5, 0.6) is 11.5 Å². The van der Waals surface area contributed by atoms with Gasteiger partial charge in [-0.1, -0.05) is 0 Å². The summed E-state index contributed by atoms with van der Waals surface area (Å²) in [4.78, 5) is 0. The van der Waals surface area contributed by atoms with E-state index < -0.39 is 0 Å². The van der Waals surface area contributed by atoms with E-state index in [1.54, 1.807) is 25.1 Å². The molecule has 3 N–H and O–H groups in total. The minimum absolute atomic E-state index is 0.0295. The molecule has 1 rings (SSSR count). The Hall–Kier alpha value is -2.95. The maximum absolute atomic E-state index is 9.84. The minimum atomic E-state index is -0.337. The van der Waals surface area contributed by atoms with Gasteiger partial charge < -0.3 is 15.6 Å². The summed E-state index contributed by atoms with van der Waals surface area (Å²) in [6.45, 7) is 2.12. The van der Waals surface area contributed by atoms with E-state index in [-0.39, 0.29) is 28.3 Å². The highest BCUT2D eigenvalue weighted by Gasteiger charge is 2.11. The number of hydrogen-bond acceptors (Lipinski definition) is 6. The maximum Gasteiger partial charge on any atom is 0.172 e. The molecule has 0 radical (unpaired) electrons. The third-order valence-corrected chi connectivity index (χ3v) is 3.17. The monoisotopic (exact) mass is 358 g/mol. The number of phenols is 1. The van der Waals surface area contributed by atoms with E-state index in [1.165, 1.54) is 12.1 Å². The zero-order valence-electron chi connectivity index (χ0n) is 11.6. The molecule has 1 aromatic carbocycles. The lowest BCUT2D eigenvalue weighted by atomic mass is 10.1. The molecule has 0 aliphatic rings. The van der Waals surface area contributed by atoms with Crippen molar-refractivity contribution in [3.05, 3.63) is 39.0 Å². The number of ether oxygens (including phenoxy) is 1.